The first-order chi connectivity index (χ1) is 10.2. The Morgan fingerprint density at radius 2 is 1.95 bits per heavy atom. The van der Waals surface area contributed by atoms with Gasteiger partial charge in [-0.25, -0.2) is 0 Å². The molecule has 0 saturated heterocycles. The largest absolute Gasteiger partial charge is 0.310 e. The highest BCUT2D eigenvalue weighted by Crippen LogP contribution is 2.26. The van der Waals surface area contributed by atoms with Crippen molar-refractivity contribution >= 4 is 10.9 Å². The van der Waals surface area contributed by atoms with E-state index < -0.39 is 0 Å². The van der Waals surface area contributed by atoms with Gasteiger partial charge >= 0.3 is 0 Å². The van der Waals surface area contributed by atoms with Crippen LogP contribution in [-0.2, 0) is 6.54 Å². The van der Waals surface area contributed by atoms with Crippen molar-refractivity contribution in [3.8, 4) is 0 Å². The molecule has 0 unspecified atom stereocenters. The molecule has 2 heteroatoms. The Morgan fingerprint density at radius 3 is 2.76 bits per heavy atom. The number of aromatic nitrogens is 1. The van der Waals surface area contributed by atoms with Gasteiger partial charge in [0.05, 0.1) is 5.52 Å². The summed E-state index contributed by atoms with van der Waals surface area (Å²) in [4.78, 5) is 4.57. The second kappa shape index (κ2) is 6.57. The third-order valence-electron chi connectivity index (χ3n) is 4.88. The zero-order valence-corrected chi connectivity index (χ0v) is 13.2. The molecule has 1 aliphatic rings. The van der Waals surface area contributed by atoms with Crippen LogP contribution >= 0.6 is 0 Å². The zero-order valence-electron chi connectivity index (χ0n) is 13.2. The molecule has 1 saturated carbocycles. The third-order valence-corrected chi connectivity index (χ3v) is 4.88. The van der Waals surface area contributed by atoms with Crippen molar-refractivity contribution in [2.75, 3.05) is 0 Å². The van der Waals surface area contributed by atoms with Crippen molar-refractivity contribution < 1.29 is 0 Å². The Hall–Kier alpha value is -1.41. The van der Waals surface area contributed by atoms with E-state index in [4.69, 9.17) is 0 Å². The number of benzene rings is 1. The molecule has 0 radical (unpaired) electrons. The quantitative estimate of drug-likeness (QED) is 0.886. The lowest BCUT2D eigenvalue weighted by atomic mass is 9.84. The number of nitrogens with zero attached hydrogens (tertiary/aromatic N) is 1. The van der Waals surface area contributed by atoms with Crippen LogP contribution in [0.4, 0.5) is 0 Å². The standard InChI is InChI=1S/C19H26N2/c1-14-8-10-18-12-16(9-11-19(18)21-14)13-20-15(2)17-6-4-3-5-7-17/h8-12,15,17,20H,3-7,13H2,1-2H3/t15-/m1/s1. The molecule has 2 aromatic rings. The number of hydrogen-bond acceptors (Lipinski definition) is 2. The average Bonchev–Trinajstić information content (AvgIpc) is 2.53. The lowest BCUT2D eigenvalue weighted by Crippen LogP contribution is -2.34. The van der Waals surface area contributed by atoms with E-state index in [1.54, 1.807) is 0 Å². The first-order valence-electron chi connectivity index (χ1n) is 8.32. The summed E-state index contributed by atoms with van der Waals surface area (Å²) in [5.74, 6) is 0.864. The molecule has 0 bridgehead atoms. The van der Waals surface area contributed by atoms with E-state index in [0.29, 0.717) is 6.04 Å². The predicted octanol–water partition coefficient (Wildman–Crippen LogP) is 4.60. The SMILES string of the molecule is Cc1ccc2cc(CN[C@H](C)C3CCCCC3)ccc2n1. The van der Waals surface area contributed by atoms with Crippen LogP contribution < -0.4 is 5.32 Å². The molecule has 1 aromatic carbocycles. The minimum absolute atomic E-state index is 0.622. The summed E-state index contributed by atoms with van der Waals surface area (Å²) in [6.07, 6.45) is 7.06. The van der Waals surface area contributed by atoms with E-state index in [2.05, 4.69) is 47.6 Å². The molecule has 0 spiro atoms. The Labute approximate surface area is 128 Å². The van der Waals surface area contributed by atoms with Crippen molar-refractivity contribution in [2.45, 2.75) is 58.5 Å². The number of pyridine rings is 1. The van der Waals surface area contributed by atoms with Crippen LogP contribution in [-0.4, -0.2) is 11.0 Å². The van der Waals surface area contributed by atoms with Crippen molar-refractivity contribution in [2.24, 2.45) is 5.92 Å². The molecule has 1 atom stereocenters. The van der Waals surface area contributed by atoms with Crippen LogP contribution in [0.2, 0.25) is 0 Å². The summed E-state index contributed by atoms with van der Waals surface area (Å²) in [6, 6.07) is 11.5. The fourth-order valence-corrected chi connectivity index (χ4v) is 3.47. The van der Waals surface area contributed by atoms with Gasteiger partial charge in [0.25, 0.3) is 0 Å². The molecular formula is C19H26N2. The van der Waals surface area contributed by atoms with Crippen molar-refractivity contribution in [1.29, 1.82) is 0 Å². The molecule has 2 nitrogen and oxygen atoms in total. The Kier molecular flexibility index (Phi) is 4.54. The van der Waals surface area contributed by atoms with E-state index in [9.17, 15) is 0 Å². The molecule has 112 valence electrons. The van der Waals surface area contributed by atoms with Gasteiger partial charge in [-0.2, -0.15) is 0 Å². The van der Waals surface area contributed by atoms with Crippen LogP contribution in [0.5, 0.6) is 0 Å². The average molecular weight is 282 g/mol. The smallest absolute Gasteiger partial charge is 0.0705 e. The summed E-state index contributed by atoms with van der Waals surface area (Å²) in [7, 11) is 0. The number of hydrogen-bond donors (Lipinski definition) is 1. The van der Waals surface area contributed by atoms with Gasteiger partial charge in [-0.15, -0.1) is 0 Å². The van der Waals surface area contributed by atoms with Gasteiger partial charge in [0, 0.05) is 23.7 Å². The first-order valence-corrected chi connectivity index (χ1v) is 8.32. The molecule has 1 N–H and O–H groups in total. The van der Waals surface area contributed by atoms with E-state index >= 15 is 0 Å². The Bertz CT molecular complexity index is 600. The fourth-order valence-electron chi connectivity index (χ4n) is 3.47. The summed E-state index contributed by atoms with van der Waals surface area (Å²) < 4.78 is 0. The summed E-state index contributed by atoms with van der Waals surface area (Å²) in [5, 5.41) is 4.97. The highest BCUT2D eigenvalue weighted by atomic mass is 14.9. The number of aryl methyl sites for hydroxylation is 1. The molecule has 1 heterocycles. The van der Waals surface area contributed by atoms with Crippen molar-refractivity contribution in [3.05, 3.63) is 41.6 Å². The highest BCUT2D eigenvalue weighted by Gasteiger charge is 2.19. The van der Waals surface area contributed by atoms with Crippen LogP contribution in [0.3, 0.4) is 0 Å². The van der Waals surface area contributed by atoms with Crippen LogP contribution in [0.15, 0.2) is 30.3 Å². The van der Waals surface area contributed by atoms with Gasteiger partial charge in [-0.1, -0.05) is 31.4 Å². The van der Waals surface area contributed by atoms with Gasteiger partial charge in [0.15, 0.2) is 0 Å². The second-order valence-electron chi connectivity index (χ2n) is 6.55. The fraction of sp³-hybridized carbons (Fsp3) is 0.526. The monoisotopic (exact) mass is 282 g/mol. The normalized spacial score (nSPS) is 18.0. The second-order valence-corrected chi connectivity index (χ2v) is 6.55. The minimum Gasteiger partial charge on any atom is -0.310 e. The molecule has 1 aliphatic carbocycles. The lowest BCUT2D eigenvalue weighted by Gasteiger charge is -2.28. The van der Waals surface area contributed by atoms with Crippen LogP contribution in [0, 0.1) is 12.8 Å². The number of nitrogens with one attached hydrogen (secondary N) is 1. The van der Waals surface area contributed by atoms with Crippen LogP contribution in [0.25, 0.3) is 10.9 Å². The van der Waals surface area contributed by atoms with Gasteiger partial charge in [0.2, 0.25) is 0 Å². The zero-order chi connectivity index (χ0) is 14.7. The predicted molar refractivity (Wildman–Crippen MR) is 89.4 cm³/mol. The summed E-state index contributed by atoms with van der Waals surface area (Å²) >= 11 is 0. The van der Waals surface area contributed by atoms with Gasteiger partial charge in [-0.05, 0) is 56.4 Å². The highest BCUT2D eigenvalue weighted by molar-refractivity contribution is 5.79. The number of rotatable bonds is 4. The molecule has 0 aliphatic heterocycles. The van der Waals surface area contributed by atoms with Gasteiger partial charge < -0.3 is 5.32 Å². The molecule has 3 rings (SSSR count). The minimum atomic E-state index is 0.622. The molecular weight excluding hydrogens is 256 g/mol. The lowest BCUT2D eigenvalue weighted by molar-refractivity contribution is 0.280. The van der Waals surface area contributed by atoms with Gasteiger partial charge in [0.1, 0.15) is 0 Å². The Morgan fingerprint density at radius 1 is 1.14 bits per heavy atom. The van der Waals surface area contributed by atoms with E-state index in [0.717, 1.165) is 23.7 Å². The molecule has 1 fully saturated rings. The molecule has 1 aromatic heterocycles. The molecule has 21 heavy (non-hydrogen) atoms. The molecule has 0 amide bonds. The maximum Gasteiger partial charge on any atom is 0.0705 e. The van der Waals surface area contributed by atoms with E-state index in [1.807, 2.05) is 6.92 Å². The number of fused-ring (bicyclic) bond motifs is 1. The van der Waals surface area contributed by atoms with Crippen LogP contribution in [0.1, 0.15) is 50.3 Å². The maximum atomic E-state index is 4.57. The van der Waals surface area contributed by atoms with Gasteiger partial charge in [-0.3, -0.25) is 4.98 Å². The Balaban J connectivity index is 1.63. The van der Waals surface area contributed by atoms with Crippen molar-refractivity contribution in [3.63, 3.8) is 0 Å². The van der Waals surface area contributed by atoms with E-state index in [1.165, 1.54) is 43.1 Å². The summed E-state index contributed by atoms with van der Waals surface area (Å²) in [5.41, 5.74) is 3.54. The summed E-state index contributed by atoms with van der Waals surface area (Å²) in [6.45, 7) is 5.35. The first kappa shape index (κ1) is 14.5. The van der Waals surface area contributed by atoms with Crippen molar-refractivity contribution in [1.82, 2.24) is 10.3 Å². The maximum absolute atomic E-state index is 4.57. The third kappa shape index (κ3) is 3.62. The van der Waals surface area contributed by atoms with E-state index in [-0.39, 0.29) is 0 Å². The topological polar surface area (TPSA) is 24.9 Å².